The Hall–Kier alpha value is -2.74. The molecule has 0 radical (unpaired) electrons. The van der Waals surface area contributed by atoms with Gasteiger partial charge in [-0.05, 0) is 54.6 Å². The molecule has 1 amide bonds. The molecule has 2 aromatic carbocycles. The first-order valence-electron chi connectivity index (χ1n) is 9.51. The van der Waals surface area contributed by atoms with E-state index in [9.17, 15) is 19.4 Å². The van der Waals surface area contributed by atoms with Crippen LogP contribution in [0.1, 0.15) is 40.9 Å². The largest absolute Gasteiger partial charge is 0.396 e. The molecule has 5 N–H and O–H groups in total. The van der Waals surface area contributed by atoms with Crippen LogP contribution in [0.5, 0.6) is 0 Å². The zero-order valence-corrected chi connectivity index (χ0v) is 17.2. The van der Waals surface area contributed by atoms with E-state index in [1.165, 1.54) is 12.1 Å². The highest BCUT2D eigenvalue weighted by Gasteiger charge is 2.21. The summed E-state index contributed by atoms with van der Waals surface area (Å²) in [6.07, 6.45) is 0.305. The second kappa shape index (κ2) is 9.38. The zero-order chi connectivity index (χ0) is 21.8. The Bertz CT molecular complexity index is 1080. The number of pyridine rings is 1. The number of primary amides is 1. The van der Waals surface area contributed by atoms with E-state index in [2.05, 4.69) is 5.32 Å². The second-order valence-electron chi connectivity index (χ2n) is 7.16. The summed E-state index contributed by atoms with van der Waals surface area (Å²) in [5, 5.41) is 23.6. The van der Waals surface area contributed by atoms with E-state index in [4.69, 9.17) is 22.3 Å². The number of amides is 1. The number of carbonyl (C=O) groups excluding carboxylic acids is 1. The molecule has 0 aliphatic rings. The highest BCUT2D eigenvalue weighted by atomic mass is 35.5. The number of aliphatic hydroxyl groups is 2. The third-order valence-corrected chi connectivity index (χ3v) is 5.21. The van der Waals surface area contributed by atoms with Crippen molar-refractivity contribution in [2.45, 2.75) is 25.3 Å². The van der Waals surface area contributed by atoms with Crippen LogP contribution < -0.4 is 11.1 Å². The summed E-state index contributed by atoms with van der Waals surface area (Å²) in [6, 6.07) is 11.0. The van der Waals surface area contributed by atoms with Crippen molar-refractivity contribution in [1.82, 2.24) is 4.98 Å². The molecule has 158 valence electrons. The Morgan fingerprint density at radius 1 is 1.23 bits per heavy atom. The fourth-order valence-corrected chi connectivity index (χ4v) is 3.51. The molecule has 1 heterocycles. The SMILES string of the molecule is C[C@@H](CO)Nc1cc2cc(C(N)=O)ccc2c([C@H](CCO)c2ccc(Cl)c(F)c2)n1. The molecular formula is C22H23ClFN3O3. The third-order valence-electron chi connectivity index (χ3n) is 4.91. The van der Waals surface area contributed by atoms with Gasteiger partial charge in [0.1, 0.15) is 11.6 Å². The lowest BCUT2D eigenvalue weighted by Gasteiger charge is -2.21. The fourth-order valence-electron chi connectivity index (χ4n) is 3.40. The van der Waals surface area contributed by atoms with Gasteiger partial charge in [0, 0.05) is 29.5 Å². The summed E-state index contributed by atoms with van der Waals surface area (Å²) in [5.41, 5.74) is 6.99. The maximum absolute atomic E-state index is 14.1. The minimum absolute atomic E-state index is 0.0117. The van der Waals surface area contributed by atoms with Gasteiger partial charge in [-0.15, -0.1) is 0 Å². The molecule has 0 unspecified atom stereocenters. The Kier molecular flexibility index (Phi) is 6.87. The number of fused-ring (bicyclic) bond motifs is 1. The van der Waals surface area contributed by atoms with Crippen LogP contribution in [-0.2, 0) is 0 Å². The number of nitrogens with two attached hydrogens (primary N) is 1. The van der Waals surface area contributed by atoms with Crippen molar-refractivity contribution in [2.24, 2.45) is 5.73 Å². The fraction of sp³-hybridized carbons (Fsp3) is 0.273. The molecule has 0 aliphatic heterocycles. The summed E-state index contributed by atoms with van der Waals surface area (Å²) in [7, 11) is 0. The van der Waals surface area contributed by atoms with Crippen molar-refractivity contribution >= 4 is 34.1 Å². The van der Waals surface area contributed by atoms with Crippen LogP contribution in [0.2, 0.25) is 5.02 Å². The van der Waals surface area contributed by atoms with Crippen LogP contribution in [0.25, 0.3) is 10.8 Å². The minimum atomic E-state index is -0.555. The zero-order valence-electron chi connectivity index (χ0n) is 16.4. The first kappa shape index (κ1) is 22.0. The quantitative estimate of drug-likeness (QED) is 0.437. The number of nitrogens with one attached hydrogen (secondary N) is 1. The summed E-state index contributed by atoms with van der Waals surface area (Å²) in [4.78, 5) is 16.3. The number of hydrogen-bond acceptors (Lipinski definition) is 5. The highest BCUT2D eigenvalue weighted by molar-refractivity contribution is 6.30. The van der Waals surface area contributed by atoms with Crippen LogP contribution in [0.4, 0.5) is 10.2 Å². The molecule has 0 saturated carbocycles. The van der Waals surface area contributed by atoms with Gasteiger partial charge in [0.25, 0.3) is 0 Å². The minimum Gasteiger partial charge on any atom is -0.396 e. The number of hydrogen-bond donors (Lipinski definition) is 4. The first-order chi connectivity index (χ1) is 14.3. The number of anilines is 1. The van der Waals surface area contributed by atoms with Crippen molar-refractivity contribution in [3.63, 3.8) is 0 Å². The Labute approximate surface area is 178 Å². The van der Waals surface area contributed by atoms with Crippen molar-refractivity contribution in [3.05, 3.63) is 70.1 Å². The Morgan fingerprint density at radius 2 is 2.00 bits per heavy atom. The molecule has 1 aromatic heterocycles. The molecule has 3 aromatic rings. The van der Waals surface area contributed by atoms with Gasteiger partial charge in [0.15, 0.2) is 0 Å². The molecule has 0 aliphatic carbocycles. The summed E-state index contributed by atoms with van der Waals surface area (Å²) in [6.45, 7) is 1.56. The molecule has 0 fully saturated rings. The normalized spacial score (nSPS) is 13.2. The molecule has 2 atom stereocenters. The third kappa shape index (κ3) is 4.70. The van der Waals surface area contributed by atoms with Gasteiger partial charge in [0.05, 0.1) is 17.3 Å². The van der Waals surface area contributed by atoms with E-state index in [1.807, 2.05) is 0 Å². The van der Waals surface area contributed by atoms with Crippen LogP contribution in [0.3, 0.4) is 0 Å². The number of rotatable bonds is 8. The molecule has 30 heavy (non-hydrogen) atoms. The Morgan fingerprint density at radius 3 is 2.63 bits per heavy atom. The van der Waals surface area contributed by atoms with Crippen molar-refractivity contribution in [2.75, 3.05) is 18.5 Å². The van der Waals surface area contributed by atoms with Crippen LogP contribution in [0.15, 0.2) is 42.5 Å². The average Bonchev–Trinajstić information content (AvgIpc) is 2.73. The lowest BCUT2D eigenvalue weighted by atomic mass is 9.89. The highest BCUT2D eigenvalue weighted by Crippen LogP contribution is 2.35. The predicted octanol–water partition coefficient (Wildman–Crippen LogP) is 3.43. The topological polar surface area (TPSA) is 108 Å². The van der Waals surface area contributed by atoms with Crippen molar-refractivity contribution in [1.29, 1.82) is 0 Å². The van der Waals surface area contributed by atoms with Gasteiger partial charge >= 0.3 is 0 Å². The number of nitrogens with zero attached hydrogens (tertiary/aromatic N) is 1. The van der Waals surface area contributed by atoms with Gasteiger partial charge in [-0.2, -0.15) is 0 Å². The summed E-state index contributed by atoms with van der Waals surface area (Å²) in [5.74, 6) is -1.05. The molecule has 0 bridgehead atoms. The van der Waals surface area contributed by atoms with E-state index in [1.54, 1.807) is 37.3 Å². The van der Waals surface area contributed by atoms with E-state index in [0.29, 0.717) is 34.4 Å². The number of aromatic nitrogens is 1. The van der Waals surface area contributed by atoms with E-state index >= 15 is 0 Å². The molecule has 0 saturated heterocycles. The standard InChI is InChI=1S/C22H23ClFN3O3/c1-12(11-29)26-20-10-15-8-14(22(25)30)2-4-16(15)21(27-20)17(6-7-28)13-3-5-18(23)19(24)9-13/h2-5,8-10,12,17,28-29H,6-7,11H2,1H3,(H2,25,30)(H,26,27)/t12-,17+/m0/s1. The number of aliphatic hydroxyl groups excluding tert-OH is 2. The van der Waals surface area contributed by atoms with Crippen LogP contribution >= 0.6 is 11.6 Å². The Balaban J connectivity index is 2.23. The van der Waals surface area contributed by atoms with Crippen LogP contribution in [-0.4, -0.2) is 40.4 Å². The van der Waals surface area contributed by atoms with E-state index in [-0.39, 0.29) is 24.3 Å². The van der Waals surface area contributed by atoms with Gasteiger partial charge in [-0.1, -0.05) is 23.7 Å². The monoisotopic (exact) mass is 431 g/mol. The smallest absolute Gasteiger partial charge is 0.248 e. The lowest BCUT2D eigenvalue weighted by Crippen LogP contribution is -2.21. The molecule has 0 spiro atoms. The van der Waals surface area contributed by atoms with E-state index < -0.39 is 17.6 Å². The maximum atomic E-state index is 14.1. The summed E-state index contributed by atoms with van der Waals surface area (Å²) >= 11 is 5.83. The maximum Gasteiger partial charge on any atom is 0.248 e. The van der Waals surface area contributed by atoms with Gasteiger partial charge in [-0.3, -0.25) is 4.79 Å². The van der Waals surface area contributed by atoms with Crippen LogP contribution in [0, 0.1) is 5.82 Å². The lowest BCUT2D eigenvalue weighted by molar-refractivity contribution is 0.100. The second-order valence-corrected chi connectivity index (χ2v) is 7.57. The molecule has 6 nitrogen and oxygen atoms in total. The average molecular weight is 432 g/mol. The van der Waals surface area contributed by atoms with Gasteiger partial charge < -0.3 is 21.3 Å². The van der Waals surface area contributed by atoms with Gasteiger partial charge in [0.2, 0.25) is 5.91 Å². The molecular weight excluding hydrogens is 409 g/mol. The van der Waals surface area contributed by atoms with Crippen molar-refractivity contribution < 1.29 is 19.4 Å². The van der Waals surface area contributed by atoms with Gasteiger partial charge in [-0.25, -0.2) is 9.37 Å². The number of carbonyl (C=O) groups is 1. The summed E-state index contributed by atoms with van der Waals surface area (Å²) < 4.78 is 14.1. The number of halogens is 2. The first-order valence-corrected chi connectivity index (χ1v) is 9.89. The predicted molar refractivity (Wildman–Crippen MR) is 115 cm³/mol. The van der Waals surface area contributed by atoms with E-state index in [0.717, 1.165) is 5.39 Å². The molecule has 8 heteroatoms. The molecule has 3 rings (SSSR count). The van der Waals surface area contributed by atoms with Crippen molar-refractivity contribution in [3.8, 4) is 0 Å². The number of benzene rings is 2.